The molecule has 52 heavy (non-hydrogen) atoms. The highest BCUT2D eigenvalue weighted by Crippen LogP contribution is 2.44. The predicted octanol–water partition coefficient (Wildman–Crippen LogP) is 14.4. The van der Waals surface area contributed by atoms with E-state index < -0.39 is 0 Å². The molecular formula is C50H33NO. The summed E-state index contributed by atoms with van der Waals surface area (Å²) in [4.78, 5) is 2.36. The maximum Gasteiger partial charge on any atom is 0.137 e. The summed E-state index contributed by atoms with van der Waals surface area (Å²) in [6, 6.07) is 71.7. The SMILES string of the molecule is c1ccc(-c2ccc3oc4cccc(N(c5ccc(-c6ccc7ccccc7c6)cc5)c5ccc(-c6cccc7ccccc67)cc5)c4c3c2)cc1. The summed E-state index contributed by atoms with van der Waals surface area (Å²) in [5.41, 5.74) is 12.1. The highest BCUT2D eigenvalue weighted by atomic mass is 16.3. The van der Waals surface area contributed by atoms with E-state index in [0.717, 1.165) is 44.6 Å². The monoisotopic (exact) mass is 663 g/mol. The molecule has 0 spiro atoms. The number of hydrogen-bond acceptors (Lipinski definition) is 2. The van der Waals surface area contributed by atoms with Crippen LogP contribution in [0, 0.1) is 0 Å². The number of fused-ring (bicyclic) bond motifs is 5. The Morgan fingerprint density at radius 1 is 0.327 bits per heavy atom. The Morgan fingerprint density at radius 3 is 1.73 bits per heavy atom. The number of hydrogen-bond donors (Lipinski definition) is 0. The van der Waals surface area contributed by atoms with E-state index in [0.29, 0.717) is 0 Å². The molecule has 2 nitrogen and oxygen atoms in total. The van der Waals surface area contributed by atoms with Crippen molar-refractivity contribution in [2.45, 2.75) is 0 Å². The summed E-state index contributed by atoms with van der Waals surface area (Å²) in [6.07, 6.45) is 0. The summed E-state index contributed by atoms with van der Waals surface area (Å²) in [5.74, 6) is 0. The fraction of sp³-hybridized carbons (Fsp3) is 0. The van der Waals surface area contributed by atoms with Crippen LogP contribution >= 0.6 is 0 Å². The van der Waals surface area contributed by atoms with E-state index >= 15 is 0 Å². The molecule has 0 aliphatic rings. The van der Waals surface area contributed by atoms with E-state index in [4.69, 9.17) is 4.42 Å². The van der Waals surface area contributed by atoms with E-state index in [-0.39, 0.29) is 0 Å². The van der Waals surface area contributed by atoms with Gasteiger partial charge in [-0.1, -0.05) is 146 Å². The first kappa shape index (κ1) is 30.0. The highest BCUT2D eigenvalue weighted by molar-refractivity contribution is 6.14. The predicted molar refractivity (Wildman–Crippen MR) is 220 cm³/mol. The molecule has 244 valence electrons. The number of rotatable bonds is 6. The smallest absolute Gasteiger partial charge is 0.137 e. The zero-order valence-electron chi connectivity index (χ0n) is 28.4. The molecule has 2 heteroatoms. The minimum Gasteiger partial charge on any atom is -0.456 e. The van der Waals surface area contributed by atoms with Crippen LogP contribution in [0.3, 0.4) is 0 Å². The Labute approximate surface area is 302 Å². The molecular weight excluding hydrogens is 631 g/mol. The first-order valence-corrected chi connectivity index (χ1v) is 17.8. The van der Waals surface area contributed by atoms with Gasteiger partial charge >= 0.3 is 0 Å². The van der Waals surface area contributed by atoms with Gasteiger partial charge < -0.3 is 9.32 Å². The molecule has 10 rings (SSSR count). The maximum atomic E-state index is 6.51. The Hall–Kier alpha value is -6.90. The van der Waals surface area contributed by atoms with Crippen molar-refractivity contribution in [1.82, 2.24) is 0 Å². The average molecular weight is 664 g/mol. The van der Waals surface area contributed by atoms with Crippen LogP contribution in [0.25, 0.3) is 76.9 Å². The lowest BCUT2D eigenvalue weighted by atomic mass is 9.97. The number of nitrogens with zero attached hydrogens (tertiary/aromatic N) is 1. The Balaban J connectivity index is 1.14. The van der Waals surface area contributed by atoms with Crippen molar-refractivity contribution < 1.29 is 4.42 Å². The first-order valence-electron chi connectivity index (χ1n) is 17.8. The summed E-state index contributed by atoms with van der Waals surface area (Å²) < 4.78 is 6.51. The lowest BCUT2D eigenvalue weighted by Crippen LogP contribution is -2.10. The lowest BCUT2D eigenvalue weighted by molar-refractivity contribution is 0.669. The standard InChI is InChI=1S/C50H33NO/c1-2-10-34(11-3-1)41-26-31-48-46(33-41)50-47(18-9-19-49(50)52-48)51(42-27-22-36(23-28-42)40-21-20-35-12-4-5-14-39(35)32-40)43-29-24-38(25-30-43)45-17-8-15-37-13-6-7-16-44(37)45/h1-33H. The van der Waals surface area contributed by atoms with Gasteiger partial charge in [-0.05, 0) is 110 Å². The van der Waals surface area contributed by atoms with E-state index in [9.17, 15) is 0 Å². The van der Waals surface area contributed by atoms with Crippen LogP contribution in [0.15, 0.2) is 205 Å². The quantitative estimate of drug-likeness (QED) is 0.176. The Kier molecular flexibility index (Phi) is 7.18. The van der Waals surface area contributed by atoms with Crippen LogP contribution < -0.4 is 4.90 Å². The first-order chi connectivity index (χ1) is 25.8. The largest absolute Gasteiger partial charge is 0.456 e. The van der Waals surface area contributed by atoms with Crippen molar-refractivity contribution in [1.29, 1.82) is 0 Å². The lowest BCUT2D eigenvalue weighted by Gasteiger charge is -2.27. The van der Waals surface area contributed by atoms with E-state index in [1.54, 1.807) is 0 Å². The molecule has 1 heterocycles. The summed E-state index contributed by atoms with van der Waals surface area (Å²) in [5, 5.41) is 7.17. The van der Waals surface area contributed by atoms with Crippen molar-refractivity contribution in [3.05, 3.63) is 200 Å². The summed E-state index contributed by atoms with van der Waals surface area (Å²) >= 11 is 0. The molecule has 0 saturated carbocycles. The fourth-order valence-corrected chi connectivity index (χ4v) is 7.67. The van der Waals surface area contributed by atoms with Gasteiger partial charge in [-0.2, -0.15) is 0 Å². The van der Waals surface area contributed by atoms with Gasteiger partial charge in [-0.3, -0.25) is 0 Å². The minimum absolute atomic E-state index is 0.864. The Morgan fingerprint density at radius 2 is 0.923 bits per heavy atom. The summed E-state index contributed by atoms with van der Waals surface area (Å²) in [7, 11) is 0. The second kappa shape index (κ2) is 12.5. The molecule has 0 fully saturated rings. The molecule has 10 aromatic rings. The molecule has 0 aliphatic carbocycles. The Bertz CT molecular complexity index is 2880. The topological polar surface area (TPSA) is 16.4 Å². The van der Waals surface area contributed by atoms with Gasteiger partial charge in [0.05, 0.1) is 11.1 Å². The van der Waals surface area contributed by atoms with Gasteiger partial charge in [0.25, 0.3) is 0 Å². The van der Waals surface area contributed by atoms with E-state index in [1.165, 1.54) is 49.4 Å². The van der Waals surface area contributed by atoms with Crippen LogP contribution in [-0.4, -0.2) is 0 Å². The van der Waals surface area contributed by atoms with Crippen LogP contribution in [0.2, 0.25) is 0 Å². The molecule has 1 aromatic heterocycles. The third kappa shape index (κ3) is 5.21. The molecule has 0 saturated heterocycles. The van der Waals surface area contributed by atoms with Crippen molar-refractivity contribution in [3.8, 4) is 33.4 Å². The molecule has 0 aliphatic heterocycles. The molecule has 0 amide bonds. The van der Waals surface area contributed by atoms with Gasteiger partial charge in [0.1, 0.15) is 11.2 Å². The second-order valence-corrected chi connectivity index (χ2v) is 13.3. The van der Waals surface area contributed by atoms with Crippen molar-refractivity contribution >= 4 is 60.5 Å². The van der Waals surface area contributed by atoms with Crippen LogP contribution in [0.5, 0.6) is 0 Å². The van der Waals surface area contributed by atoms with Gasteiger partial charge in [-0.25, -0.2) is 0 Å². The third-order valence-electron chi connectivity index (χ3n) is 10.3. The minimum atomic E-state index is 0.864. The zero-order chi connectivity index (χ0) is 34.4. The highest BCUT2D eigenvalue weighted by Gasteiger charge is 2.20. The van der Waals surface area contributed by atoms with Crippen LogP contribution in [-0.2, 0) is 0 Å². The number of benzene rings is 9. The van der Waals surface area contributed by atoms with Gasteiger partial charge in [0, 0.05) is 16.8 Å². The van der Waals surface area contributed by atoms with Gasteiger partial charge in [0.2, 0.25) is 0 Å². The average Bonchev–Trinajstić information content (AvgIpc) is 3.60. The zero-order valence-corrected chi connectivity index (χ0v) is 28.4. The molecule has 0 N–H and O–H groups in total. The molecule has 0 bridgehead atoms. The number of anilines is 3. The number of furan rings is 1. The van der Waals surface area contributed by atoms with Gasteiger partial charge in [-0.15, -0.1) is 0 Å². The van der Waals surface area contributed by atoms with Gasteiger partial charge in [0.15, 0.2) is 0 Å². The van der Waals surface area contributed by atoms with Crippen LogP contribution in [0.1, 0.15) is 0 Å². The van der Waals surface area contributed by atoms with E-state index in [1.807, 2.05) is 0 Å². The third-order valence-corrected chi connectivity index (χ3v) is 10.3. The van der Waals surface area contributed by atoms with Crippen molar-refractivity contribution in [3.63, 3.8) is 0 Å². The molecule has 0 atom stereocenters. The normalized spacial score (nSPS) is 11.5. The summed E-state index contributed by atoms with van der Waals surface area (Å²) in [6.45, 7) is 0. The van der Waals surface area contributed by atoms with E-state index in [2.05, 4.69) is 205 Å². The fourth-order valence-electron chi connectivity index (χ4n) is 7.67. The molecule has 0 unspecified atom stereocenters. The maximum absolute atomic E-state index is 6.51. The van der Waals surface area contributed by atoms with Crippen molar-refractivity contribution in [2.75, 3.05) is 4.90 Å². The second-order valence-electron chi connectivity index (χ2n) is 13.3. The van der Waals surface area contributed by atoms with Crippen molar-refractivity contribution in [2.24, 2.45) is 0 Å². The molecule has 0 radical (unpaired) electrons. The van der Waals surface area contributed by atoms with Crippen LogP contribution in [0.4, 0.5) is 17.1 Å². The molecule has 9 aromatic carbocycles.